The Morgan fingerprint density at radius 2 is 1.09 bits per heavy atom. The van der Waals surface area contributed by atoms with Crippen molar-refractivity contribution < 1.29 is 4.74 Å². The van der Waals surface area contributed by atoms with Gasteiger partial charge in [0.15, 0.2) is 0 Å². The number of hydrogen-bond donors (Lipinski definition) is 0. The molecule has 178 valence electrons. The van der Waals surface area contributed by atoms with Crippen LogP contribution in [0.25, 0.3) is 0 Å². The molecule has 0 atom stereocenters. The molecule has 1 heteroatoms. The highest BCUT2D eigenvalue weighted by atomic mass is 16.5. The molecule has 0 heterocycles. The van der Waals surface area contributed by atoms with E-state index in [1.54, 1.807) is 0 Å². The van der Waals surface area contributed by atoms with Crippen molar-refractivity contribution in [2.75, 3.05) is 6.61 Å². The van der Waals surface area contributed by atoms with Crippen LogP contribution < -0.4 is 0 Å². The summed E-state index contributed by atoms with van der Waals surface area (Å²) < 4.78 is 5.67. The lowest BCUT2D eigenvalue weighted by Crippen LogP contribution is -2.18. The van der Waals surface area contributed by atoms with Gasteiger partial charge in [0.05, 0.1) is 13.2 Å². The summed E-state index contributed by atoms with van der Waals surface area (Å²) in [6, 6.07) is 9.11. The molecule has 0 bridgehead atoms. The van der Waals surface area contributed by atoms with Gasteiger partial charge in [-0.05, 0) is 66.9 Å². The van der Waals surface area contributed by atoms with E-state index in [1.807, 2.05) is 6.08 Å². The largest absolute Gasteiger partial charge is 0.376 e. The van der Waals surface area contributed by atoms with E-state index in [0.717, 1.165) is 43.3 Å². The molecule has 0 aliphatic heterocycles. The van der Waals surface area contributed by atoms with Crippen LogP contribution >= 0.6 is 0 Å². The standard InChI is InChI=1S/C31H48O/c1-3-5-7-26-8-10-27(11-9-26)12-13-28-14-16-29(17-15-28)18-19-30-20-22-31(23-21-30)25-32-24-6-4-2/h3-4,20-23,26-29H,1-2,5-19,24-25H2. The van der Waals surface area contributed by atoms with Crippen molar-refractivity contribution in [1.82, 2.24) is 0 Å². The van der Waals surface area contributed by atoms with Crippen molar-refractivity contribution in [3.63, 3.8) is 0 Å². The molecule has 2 saturated carbocycles. The van der Waals surface area contributed by atoms with E-state index in [2.05, 4.69) is 43.5 Å². The molecule has 0 amide bonds. The van der Waals surface area contributed by atoms with Gasteiger partial charge in [-0.2, -0.15) is 0 Å². The van der Waals surface area contributed by atoms with Gasteiger partial charge in [-0.3, -0.25) is 0 Å². The fourth-order valence-corrected chi connectivity index (χ4v) is 5.97. The fourth-order valence-electron chi connectivity index (χ4n) is 5.97. The molecule has 0 saturated heterocycles. The zero-order chi connectivity index (χ0) is 22.4. The molecule has 2 aliphatic carbocycles. The van der Waals surface area contributed by atoms with Gasteiger partial charge < -0.3 is 4.74 Å². The van der Waals surface area contributed by atoms with Crippen LogP contribution in [0.2, 0.25) is 0 Å². The van der Waals surface area contributed by atoms with Crippen LogP contribution in [0, 0.1) is 23.7 Å². The third-order valence-corrected chi connectivity index (χ3v) is 8.29. The first-order chi connectivity index (χ1) is 15.8. The van der Waals surface area contributed by atoms with E-state index in [0.29, 0.717) is 0 Å². The molecule has 1 aromatic carbocycles. The van der Waals surface area contributed by atoms with Gasteiger partial charge in [-0.1, -0.05) is 101 Å². The van der Waals surface area contributed by atoms with Crippen LogP contribution in [0.5, 0.6) is 0 Å². The molecule has 3 rings (SSSR count). The van der Waals surface area contributed by atoms with Crippen LogP contribution in [0.15, 0.2) is 49.6 Å². The molecule has 0 N–H and O–H groups in total. The highest BCUT2D eigenvalue weighted by molar-refractivity contribution is 5.22. The Hall–Kier alpha value is -1.34. The predicted octanol–water partition coefficient (Wildman–Crippen LogP) is 9.07. The molecule has 0 unspecified atom stereocenters. The number of hydrogen-bond acceptors (Lipinski definition) is 1. The summed E-state index contributed by atoms with van der Waals surface area (Å²) in [5.74, 6) is 3.99. The lowest BCUT2D eigenvalue weighted by molar-refractivity contribution is 0.125. The number of benzene rings is 1. The second-order valence-corrected chi connectivity index (χ2v) is 10.7. The number of aryl methyl sites for hydroxylation is 1. The van der Waals surface area contributed by atoms with Gasteiger partial charge in [0.25, 0.3) is 0 Å². The van der Waals surface area contributed by atoms with Crippen molar-refractivity contribution >= 4 is 0 Å². The number of ether oxygens (including phenoxy) is 1. The van der Waals surface area contributed by atoms with Crippen LogP contribution in [0.1, 0.15) is 101 Å². The van der Waals surface area contributed by atoms with Gasteiger partial charge >= 0.3 is 0 Å². The van der Waals surface area contributed by atoms with Gasteiger partial charge in [0.2, 0.25) is 0 Å². The predicted molar refractivity (Wildman–Crippen MR) is 139 cm³/mol. The molecule has 1 nitrogen and oxygen atoms in total. The summed E-state index contributed by atoms with van der Waals surface area (Å²) in [6.07, 6.45) is 25.0. The lowest BCUT2D eigenvalue weighted by Gasteiger charge is -2.32. The van der Waals surface area contributed by atoms with Crippen molar-refractivity contribution in [3.8, 4) is 0 Å². The second-order valence-electron chi connectivity index (χ2n) is 10.7. The first kappa shape index (κ1) is 25.3. The van der Waals surface area contributed by atoms with Crippen molar-refractivity contribution in [2.45, 2.75) is 103 Å². The summed E-state index contributed by atoms with van der Waals surface area (Å²) in [7, 11) is 0. The molecule has 1 aromatic rings. The Kier molecular flexibility index (Phi) is 11.6. The number of allylic oxidation sites excluding steroid dienone is 1. The van der Waals surface area contributed by atoms with E-state index >= 15 is 0 Å². The Morgan fingerprint density at radius 3 is 1.62 bits per heavy atom. The van der Waals surface area contributed by atoms with Crippen molar-refractivity contribution in [3.05, 3.63) is 60.7 Å². The second kappa shape index (κ2) is 14.7. The zero-order valence-electron chi connectivity index (χ0n) is 20.6. The summed E-state index contributed by atoms with van der Waals surface area (Å²) in [6.45, 7) is 9.11. The highest BCUT2D eigenvalue weighted by Crippen LogP contribution is 2.38. The molecule has 32 heavy (non-hydrogen) atoms. The molecule has 2 aliphatic rings. The van der Waals surface area contributed by atoms with Crippen LogP contribution in [0.4, 0.5) is 0 Å². The van der Waals surface area contributed by atoms with E-state index in [9.17, 15) is 0 Å². The van der Waals surface area contributed by atoms with Gasteiger partial charge in [0, 0.05) is 0 Å². The highest BCUT2D eigenvalue weighted by Gasteiger charge is 2.24. The fraction of sp³-hybridized carbons (Fsp3) is 0.677. The van der Waals surface area contributed by atoms with Gasteiger partial charge in [0.1, 0.15) is 0 Å². The Morgan fingerprint density at radius 1 is 0.625 bits per heavy atom. The summed E-state index contributed by atoms with van der Waals surface area (Å²) in [4.78, 5) is 0. The van der Waals surface area contributed by atoms with E-state index in [4.69, 9.17) is 4.74 Å². The summed E-state index contributed by atoms with van der Waals surface area (Å²) in [5, 5.41) is 0. The first-order valence-corrected chi connectivity index (χ1v) is 13.6. The first-order valence-electron chi connectivity index (χ1n) is 13.6. The molecule has 2 fully saturated rings. The van der Waals surface area contributed by atoms with E-state index in [1.165, 1.54) is 101 Å². The lowest BCUT2D eigenvalue weighted by atomic mass is 9.74. The average Bonchev–Trinajstić information content (AvgIpc) is 2.85. The SMILES string of the molecule is C=CCCOCc1ccc(CCC2CCC(CCC3CCC(CCC=C)CC3)CC2)cc1. The third kappa shape index (κ3) is 9.26. The average molecular weight is 437 g/mol. The monoisotopic (exact) mass is 436 g/mol. The van der Waals surface area contributed by atoms with Crippen molar-refractivity contribution in [2.24, 2.45) is 23.7 Å². The number of rotatable bonds is 14. The minimum atomic E-state index is 0.717. The maximum Gasteiger partial charge on any atom is 0.0717 e. The molecular weight excluding hydrogens is 388 g/mol. The molecular formula is C31H48O. The van der Waals surface area contributed by atoms with Crippen LogP contribution in [0.3, 0.4) is 0 Å². The smallest absolute Gasteiger partial charge is 0.0717 e. The van der Waals surface area contributed by atoms with Gasteiger partial charge in [-0.15, -0.1) is 13.2 Å². The topological polar surface area (TPSA) is 9.23 Å². The van der Waals surface area contributed by atoms with E-state index in [-0.39, 0.29) is 0 Å². The Balaban J connectivity index is 1.24. The van der Waals surface area contributed by atoms with Gasteiger partial charge in [-0.25, -0.2) is 0 Å². The molecule has 0 radical (unpaired) electrons. The maximum absolute atomic E-state index is 5.67. The Bertz CT molecular complexity index is 629. The summed E-state index contributed by atoms with van der Waals surface area (Å²) >= 11 is 0. The van der Waals surface area contributed by atoms with E-state index < -0.39 is 0 Å². The summed E-state index contributed by atoms with van der Waals surface area (Å²) in [5.41, 5.74) is 2.77. The zero-order valence-corrected chi connectivity index (χ0v) is 20.6. The minimum absolute atomic E-state index is 0.717. The Labute approximate surface area is 198 Å². The quantitative estimate of drug-likeness (QED) is 0.209. The van der Waals surface area contributed by atoms with Crippen LogP contribution in [-0.4, -0.2) is 6.61 Å². The minimum Gasteiger partial charge on any atom is -0.376 e. The normalized spacial score (nSPS) is 26.0. The molecule has 0 aromatic heterocycles. The third-order valence-electron chi connectivity index (χ3n) is 8.29. The van der Waals surface area contributed by atoms with Crippen LogP contribution in [-0.2, 0) is 17.8 Å². The van der Waals surface area contributed by atoms with Crippen molar-refractivity contribution in [1.29, 1.82) is 0 Å². The maximum atomic E-state index is 5.67. The molecule has 0 spiro atoms.